The molecule has 164 valence electrons. The highest BCUT2D eigenvalue weighted by Crippen LogP contribution is 2.25. The van der Waals surface area contributed by atoms with E-state index in [1.54, 1.807) is 23.4 Å². The summed E-state index contributed by atoms with van der Waals surface area (Å²) < 4.78 is 42.4. The molecule has 1 fully saturated rings. The molecule has 0 atom stereocenters. The van der Waals surface area contributed by atoms with Gasteiger partial charge < -0.3 is 9.42 Å². The van der Waals surface area contributed by atoms with Gasteiger partial charge in [0.05, 0.1) is 12.1 Å². The van der Waals surface area contributed by atoms with Gasteiger partial charge in [-0.25, -0.2) is 0 Å². The van der Waals surface area contributed by atoms with Crippen LogP contribution >= 0.6 is 0 Å². The first-order valence-electron chi connectivity index (χ1n) is 10.3. The fourth-order valence-corrected chi connectivity index (χ4v) is 3.89. The molecule has 0 aromatic carbocycles. The van der Waals surface area contributed by atoms with Crippen molar-refractivity contribution in [3.63, 3.8) is 0 Å². The number of rotatable bonds is 6. The molecule has 0 amide bonds. The maximum atomic E-state index is 12.7. The Kier molecular flexibility index (Phi) is 6.04. The van der Waals surface area contributed by atoms with Gasteiger partial charge in [-0.3, -0.25) is 14.8 Å². The summed E-state index contributed by atoms with van der Waals surface area (Å²) in [5.41, 5.74) is 2.09. The number of ketones is 1. The number of pyridine rings is 2. The topological polar surface area (TPSA) is 72.1 Å². The molecule has 1 saturated heterocycles. The summed E-state index contributed by atoms with van der Waals surface area (Å²) >= 11 is 0. The highest BCUT2D eigenvalue weighted by Gasteiger charge is 2.30. The maximum absolute atomic E-state index is 12.7. The molecule has 31 heavy (non-hydrogen) atoms. The lowest BCUT2D eigenvalue weighted by Crippen LogP contribution is -2.38. The Morgan fingerprint density at radius 2 is 1.87 bits per heavy atom. The first-order chi connectivity index (χ1) is 14.8. The van der Waals surface area contributed by atoms with E-state index in [-0.39, 0.29) is 24.7 Å². The number of hydrogen-bond acceptors (Lipinski definition) is 6. The van der Waals surface area contributed by atoms with E-state index >= 15 is 0 Å². The molecule has 0 radical (unpaired) electrons. The molecule has 4 heterocycles. The predicted molar refractivity (Wildman–Crippen MR) is 108 cm³/mol. The second-order valence-corrected chi connectivity index (χ2v) is 8.05. The Labute approximate surface area is 177 Å². The third-order valence-corrected chi connectivity index (χ3v) is 5.65. The first-order valence-corrected chi connectivity index (χ1v) is 10.3. The largest absolute Gasteiger partial charge is 0.390 e. The van der Waals surface area contributed by atoms with Gasteiger partial charge in [0.15, 0.2) is 5.76 Å². The van der Waals surface area contributed by atoms with Crippen LogP contribution in [0, 0.1) is 12.8 Å². The van der Waals surface area contributed by atoms with Gasteiger partial charge in [0, 0.05) is 48.4 Å². The number of likely N-dealkylation sites (tertiary alicyclic amines) is 1. The number of carbonyl (C=O) groups is 1. The molecule has 0 saturated carbocycles. The third-order valence-electron chi connectivity index (χ3n) is 5.65. The summed E-state index contributed by atoms with van der Waals surface area (Å²) in [4.78, 5) is 23.3. The van der Waals surface area contributed by atoms with E-state index in [4.69, 9.17) is 4.52 Å². The van der Waals surface area contributed by atoms with Crippen LogP contribution in [-0.4, -0.2) is 51.6 Å². The van der Waals surface area contributed by atoms with E-state index in [9.17, 15) is 18.0 Å². The average Bonchev–Trinajstić information content (AvgIpc) is 3.18. The summed E-state index contributed by atoms with van der Waals surface area (Å²) in [6.45, 7) is 2.87. The second kappa shape index (κ2) is 8.74. The van der Waals surface area contributed by atoms with Crippen LogP contribution in [0.1, 0.15) is 30.7 Å². The van der Waals surface area contributed by atoms with Gasteiger partial charge in [0.25, 0.3) is 0 Å². The van der Waals surface area contributed by atoms with Crippen molar-refractivity contribution in [3.8, 4) is 11.5 Å². The third kappa shape index (κ3) is 5.46. The van der Waals surface area contributed by atoms with Crippen molar-refractivity contribution in [2.24, 2.45) is 5.92 Å². The molecule has 0 bridgehead atoms. The maximum Gasteiger partial charge on any atom is 0.390 e. The molecule has 0 aliphatic carbocycles. The SMILES string of the molecule is Cc1cc(-c2cc3cc(CC(=O)C4CCN(CCC(F)(F)F)CC4)ncc3cn2)on1. The Balaban J connectivity index is 1.38. The van der Waals surface area contributed by atoms with Gasteiger partial charge in [-0.1, -0.05) is 5.16 Å². The number of carbonyl (C=O) groups excluding carboxylic acids is 1. The molecule has 1 aliphatic heterocycles. The van der Waals surface area contributed by atoms with Gasteiger partial charge >= 0.3 is 6.18 Å². The van der Waals surface area contributed by atoms with E-state index in [1.807, 2.05) is 19.1 Å². The van der Waals surface area contributed by atoms with Crippen molar-refractivity contribution in [1.82, 2.24) is 20.0 Å². The molecule has 9 heteroatoms. The number of hydrogen-bond donors (Lipinski definition) is 0. The van der Waals surface area contributed by atoms with Gasteiger partial charge in [-0.15, -0.1) is 0 Å². The minimum atomic E-state index is -4.14. The fourth-order valence-electron chi connectivity index (χ4n) is 3.89. The number of aryl methyl sites for hydroxylation is 1. The van der Waals surface area contributed by atoms with Crippen LogP contribution in [0.25, 0.3) is 22.2 Å². The van der Waals surface area contributed by atoms with Crippen LogP contribution in [0.5, 0.6) is 0 Å². The van der Waals surface area contributed by atoms with E-state index in [0.29, 0.717) is 43.1 Å². The Morgan fingerprint density at radius 1 is 1.13 bits per heavy atom. The van der Waals surface area contributed by atoms with Gasteiger partial charge in [-0.05, 0) is 50.4 Å². The smallest absolute Gasteiger partial charge is 0.354 e. The van der Waals surface area contributed by atoms with Crippen molar-refractivity contribution in [2.45, 2.75) is 38.8 Å². The normalized spacial score (nSPS) is 16.1. The van der Waals surface area contributed by atoms with E-state index < -0.39 is 12.6 Å². The molecule has 3 aromatic heterocycles. The van der Waals surface area contributed by atoms with E-state index in [0.717, 1.165) is 16.5 Å². The Morgan fingerprint density at radius 3 is 2.55 bits per heavy atom. The van der Waals surface area contributed by atoms with Gasteiger partial charge in [-0.2, -0.15) is 13.2 Å². The van der Waals surface area contributed by atoms with Crippen LogP contribution in [0.4, 0.5) is 13.2 Å². The predicted octanol–water partition coefficient (Wildman–Crippen LogP) is 4.37. The molecular weight excluding hydrogens is 409 g/mol. The Hall–Kier alpha value is -2.81. The lowest BCUT2D eigenvalue weighted by molar-refractivity contribution is -0.139. The van der Waals surface area contributed by atoms with Crippen molar-refractivity contribution >= 4 is 16.6 Å². The minimum Gasteiger partial charge on any atom is -0.354 e. The number of nitrogens with zero attached hydrogens (tertiary/aromatic N) is 4. The van der Waals surface area contributed by atoms with E-state index in [1.165, 1.54) is 0 Å². The molecule has 0 N–H and O–H groups in total. The van der Waals surface area contributed by atoms with Crippen LogP contribution in [0.15, 0.2) is 35.1 Å². The monoisotopic (exact) mass is 432 g/mol. The first kappa shape index (κ1) is 21.4. The van der Waals surface area contributed by atoms with Crippen LogP contribution in [0.2, 0.25) is 0 Å². The molecule has 1 aliphatic rings. The van der Waals surface area contributed by atoms with Crippen molar-refractivity contribution in [1.29, 1.82) is 0 Å². The lowest BCUT2D eigenvalue weighted by Gasteiger charge is -2.31. The zero-order valence-corrected chi connectivity index (χ0v) is 17.2. The quantitative estimate of drug-likeness (QED) is 0.576. The molecular formula is C22H23F3N4O2. The van der Waals surface area contributed by atoms with E-state index in [2.05, 4.69) is 15.1 Å². The van der Waals surface area contributed by atoms with Crippen molar-refractivity contribution in [3.05, 3.63) is 42.0 Å². The Bertz CT molecular complexity index is 1070. The minimum absolute atomic E-state index is 0.00226. The summed E-state index contributed by atoms with van der Waals surface area (Å²) in [6, 6.07) is 5.56. The summed E-state index contributed by atoms with van der Waals surface area (Å²) in [7, 11) is 0. The van der Waals surface area contributed by atoms with Gasteiger partial charge in [0.1, 0.15) is 11.5 Å². The van der Waals surface area contributed by atoms with Crippen LogP contribution in [-0.2, 0) is 11.2 Å². The molecule has 6 nitrogen and oxygen atoms in total. The highest BCUT2D eigenvalue weighted by molar-refractivity contribution is 5.87. The summed E-state index contributed by atoms with van der Waals surface area (Å²) in [5.74, 6) is 0.526. The van der Waals surface area contributed by atoms with Crippen molar-refractivity contribution < 1.29 is 22.5 Å². The number of halogens is 3. The number of piperidine rings is 1. The number of Topliss-reactive ketones (excluding diaryl/α,β-unsaturated/α-hetero) is 1. The number of fused-ring (bicyclic) bond motifs is 1. The van der Waals surface area contributed by atoms with Crippen molar-refractivity contribution in [2.75, 3.05) is 19.6 Å². The van der Waals surface area contributed by atoms with Gasteiger partial charge in [0.2, 0.25) is 0 Å². The number of alkyl halides is 3. The van der Waals surface area contributed by atoms with Crippen LogP contribution < -0.4 is 0 Å². The lowest BCUT2D eigenvalue weighted by atomic mass is 9.90. The molecule has 0 spiro atoms. The standard InChI is InChI=1S/C22H23F3N4O2/c1-14-8-21(31-28-14)19-10-16-9-18(26-12-17(16)13-27-19)11-20(30)15-2-5-29(6-3-15)7-4-22(23,24)25/h8-10,12-13,15H,2-7,11H2,1H3. The molecule has 0 unspecified atom stereocenters. The zero-order chi connectivity index (χ0) is 22.0. The second-order valence-electron chi connectivity index (χ2n) is 8.05. The number of aromatic nitrogens is 3. The summed E-state index contributed by atoms with van der Waals surface area (Å²) in [5, 5.41) is 5.64. The molecule has 4 rings (SSSR count). The fraction of sp³-hybridized carbons (Fsp3) is 0.455. The summed E-state index contributed by atoms with van der Waals surface area (Å²) in [6.07, 6.45) is -0.167. The zero-order valence-electron chi connectivity index (χ0n) is 17.2. The average molecular weight is 432 g/mol. The molecule has 3 aromatic rings. The van der Waals surface area contributed by atoms with Crippen LogP contribution in [0.3, 0.4) is 0 Å². The highest BCUT2D eigenvalue weighted by atomic mass is 19.4.